The maximum atomic E-state index is 5.97. The molecule has 2 aromatic rings. The highest BCUT2D eigenvalue weighted by atomic mass is 16.5. The lowest BCUT2D eigenvalue weighted by Gasteiger charge is -2.11. The van der Waals surface area contributed by atoms with Gasteiger partial charge in [0.15, 0.2) is 17.5 Å². The van der Waals surface area contributed by atoms with E-state index < -0.39 is 0 Å². The number of ether oxygens (including phenoxy) is 3. The molecule has 0 saturated carbocycles. The fourth-order valence-corrected chi connectivity index (χ4v) is 2.83. The van der Waals surface area contributed by atoms with E-state index in [9.17, 15) is 0 Å². The smallest absolute Gasteiger partial charge is 0.188 e. The van der Waals surface area contributed by atoms with Crippen molar-refractivity contribution in [3.63, 3.8) is 0 Å². The molecule has 0 heterocycles. The van der Waals surface area contributed by atoms with Crippen molar-refractivity contribution >= 4 is 5.96 Å². The van der Waals surface area contributed by atoms with Crippen molar-refractivity contribution in [3.8, 4) is 17.2 Å². The molecule has 0 aliphatic heterocycles. The maximum absolute atomic E-state index is 5.97. The maximum Gasteiger partial charge on any atom is 0.188 e. The van der Waals surface area contributed by atoms with E-state index in [4.69, 9.17) is 19.9 Å². The fraction of sp³-hybridized carbons (Fsp3) is 0.381. The van der Waals surface area contributed by atoms with Gasteiger partial charge in [-0.3, -0.25) is 4.99 Å². The normalized spacial score (nSPS) is 11.2. The summed E-state index contributed by atoms with van der Waals surface area (Å²) in [5.41, 5.74) is 9.45. The van der Waals surface area contributed by atoms with Crippen LogP contribution in [0.2, 0.25) is 0 Å². The van der Waals surface area contributed by atoms with E-state index in [1.165, 1.54) is 5.56 Å². The van der Waals surface area contributed by atoms with Gasteiger partial charge in [0.2, 0.25) is 0 Å². The van der Waals surface area contributed by atoms with Gasteiger partial charge in [-0.05, 0) is 49.1 Å². The van der Waals surface area contributed by atoms with Crippen LogP contribution < -0.4 is 25.3 Å². The number of benzene rings is 2. The van der Waals surface area contributed by atoms with E-state index in [0.29, 0.717) is 19.0 Å². The highest BCUT2D eigenvalue weighted by molar-refractivity contribution is 5.77. The van der Waals surface area contributed by atoms with Crippen LogP contribution in [0.4, 0.5) is 0 Å². The van der Waals surface area contributed by atoms with Crippen LogP contribution in [0.1, 0.15) is 16.7 Å². The fourth-order valence-electron chi connectivity index (χ4n) is 2.83. The van der Waals surface area contributed by atoms with E-state index in [-0.39, 0.29) is 0 Å². The Morgan fingerprint density at radius 2 is 1.63 bits per heavy atom. The van der Waals surface area contributed by atoms with Crippen LogP contribution in [0.25, 0.3) is 0 Å². The first-order valence-electron chi connectivity index (χ1n) is 8.95. The first-order valence-corrected chi connectivity index (χ1v) is 8.95. The molecule has 0 spiro atoms. The SMILES string of the molecule is COc1ccc(C)cc1CCN=C(N)NCCc1ccc(OC)c(OC)c1. The number of aryl methyl sites for hydroxylation is 1. The number of methoxy groups -OCH3 is 3. The Labute approximate surface area is 161 Å². The Bertz CT molecular complexity index is 775. The molecule has 0 atom stereocenters. The number of nitrogens with two attached hydrogens (primary N) is 1. The van der Waals surface area contributed by atoms with Crippen molar-refractivity contribution in [3.05, 3.63) is 53.1 Å². The molecular weight excluding hydrogens is 342 g/mol. The van der Waals surface area contributed by atoms with Crippen LogP contribution in [0.5, 0.6) is 17.2 Å². The highest BCUT2D eigenvalue weighted by Crippen LogP contribution is 2.27. The van der Waals surface area contributed by atoms with E-state index in [1.807, 2.05) is 30.3 Å². The second-order valence-electron chi connectivity index (χ2n) is 6.20. The molecule has 146 valence electrons. The first-order chi connectivity index (χ1) is 13.1. The lowest BCUT2D eigenvalue weighted by Crippen LogP contribution is -2.33. The molecule has 3 N–H and O–H groups in total. The van der Waals surface area contributed by atoms with Crippen molar-refractivity contribution in [2.45, 2.75) is 19.8 Å². The zero-order valence-electron chi connectivity index (χ0n) is 16.5. The van der Waals surface area contributed by atoms with Gasteiger partial charge in [-0.15, -0.1) is 0 Å². The van der Waals surface area contributed by atoms with Crippen molar-refractivity contribution in [1.82, 2.24) is 5.32 Å². The number of guanidine groups is 1. The quantitative estimate of drug-likeness (QED) is 0.523. The van der Waals surface area contributed by atoms with Gasteiger partial charge in [0, 0.05) is 13.1 Å². The van der Waals surface area contributed by atoms with E-state index in [2.05, 4.69) is 23.3 Å². The van der Waals surface area contributed by atoms with Gasteiger partial charge in [-0.25, -0.2) is 0 Å². The van der Waals surface area contributed by atoms with Crippen molar-refractivity contribution in [1.29, 1.82) is 0 Å². The topological polar surface area (TPSA) is 78.1 Å². The van der Waals surface area contributed by atoms with Crippen LogP contribution in [0, 0.1) is 6.92 Å². The monoisotopic (exact) mass is 371 g/mol. The van der Waals surface area contributed by atoms with Crippen LogP contribution in [-0.4, -0.2) is 40.4 Å². The van der Waals surface area contributed by atoms with Gasteiger partial charge in [-0.2, -0.15) is 0 Å². The second-order valence-corrected chi connectivity index (χ2v) is 6.20. The summed E-state index contributed by atoms with van der Waals surface area (Å²) in [7, 11) is 4.94. The van der Waals surface area contributed by atoms with E-state index in [0.717, 1.165) is 41.2 Å². The summed E-state index contributed by atoms with van der Waals surface area (Å²) < 4.78 is 16.0. The number of hydrogen-bond donors (Lipinski definition) is 2. The minimum atomic E-state index is 0.446. The van der Waals surface area contributed by atoms with Crippen LogP contribution in [-0.2, 0) is 12.8 Å². The molecule has 0 bridgehead atoms. The van der Waals surface area contributed by atoms with Crippen LogP contribution >= 0.6 is 0 Å². The molecule has 2 aromatic carbocycles. The Morgan fingerprint density at radius 1 is 0.926 bits per heavy atom. The third-order valence-electron chi connectivity index (χ3n) is 4.27. The summed E-state index contributed by atoms with van der Waals surface area (Å²) >= 11 is 0. The van der Waals surface area contributed by atoms with Crippen LogP contribution in [0.3, 0.4) is 0 Å². The molecule has 0 amide bonds. The average molecular weight is 371 g/mol. The third-order valence-corrected chi connectivity index (χ3v) is 4.27. The van der Waals surface area contributed by atoms with Crippen molar-refractivity contribution in [2.24, 2.45) is 10.7 Å². The lowest BCUT2D eigenvalue weighted by molar-refractivity contribution is 0.354. The van der Waals surface area contributed by atoms with Gasteiger partial charge in [0.1, 0.15) is 5.75 Å². The van der Waals surface area contributed by atoms with E-state index in [1.54, 1.807) is 21.3 Å². The highest BCUT2D eigenvalue weighted by Gasteiger charge is 2.05. The van der Waals surface area contributed by atoms with Crippen molar-refractivity contribution < 1.29 is 14.2 Å². The second kappa shape index (κ2) is 10.3. The Balaban J connectivity index is 1.82. The van der Waals surface area contributed by atoms with Gasteiger partial charge >= 0.3 is 0 Å². The largest absolute Gasteiger partial charge is 0.496 e. The molecule has 0 saturated heterocycles. The lowest BCUT2D eigenvalue weighted by atomic mass is 10.1. The molecule has 6 nitrogen and oxygen atoms in total. The molecule has 0 radical (unpaired) electrons. The number of rotatable bonds is 9. The number of nitrogens with zero attached hydrogens (tertiary/aromatic N) is 1. The molecular formula is C21H29N3O3. The van der Waals surface area contributed by atoms with Gasteiger partial charge < -0.3 is 25.3 Å². The number of nitrogens with one attached hydrogen (secondary N) is 1. The summed E-state index contributed by atoms with van der Waals surface area (Å²) in [6.07, 6.45) is 1.59. The minimum Gasteiger partial charge on any atom is -0.496 e. The van der Waals surface area contributed by atoms with Crippen molar-refractivity contribution in [2.75, 3.05) is 34.4 Å². The predicted octanol–water partition coefficient (Wildman–Crippen LogP) is 2.71. The molecule has 0 aromatic heterocycles. The molecule has 0 unspecified atom stereocenters. The summed E-state index contributed by atoms with van der Waals surface area (Å²) in [4.78, 5) is 4.40. The number of hydrogen-bond acceptors (Lipinski definition) is 4. The Hall–Kier alpha value is -2.89. The number of aliphatic imine (C=N–C) groups is 1. The zero-order valence-corrected chi connectivity index (χ0v) is 16.5. The summed E-state index contributed by atoms with van der Waals surface area (Å²) in [6.45, 7) is 3.36. The zero-order chi connectivity index (χ0) is 19.6. The predicted molar refractivity (Wildman–Crippen MR) is 109 cm³/mol. The molecule has 0 aliphatic rings. The first kappa shape index (κ1) is 20.4. The Kier molecular flexibility index (Phi) is 7.79. The molecule has 2 rings (SSSR count). The van der Waals surface area contributed by atoms with Gasteiger partial charge in [0.25, 0.3) is 0 Å². The summed E-state index contributed by atoms with van der Waals surface area (Å²) in [5, 5.41) is 3.15. The Morgan fingerprint density at radius 3 is 2.33 bits per heavy atom. The van der Waals surface area contributed by atoms with Gasteiger partial charge in [0.05, 0.1) is 21.3 Å². The average Bonchev–Trinajstić information content (AvgIpc) is 2.68. The molecule has 6 heteroatoms. The standard InChI is InChI=1S/C21H29N3O3/c1-15-5-7-18(25-2)17(13-15)10-12-24-21(22)23-11-9-16-6-8-19(26-3)20(14-16)27-4/h5-8,13-14H,9-12H2,1-4H3,(H3,22,23,24). The third kappa shape index (κ3) is 6.09. The summed E-state index contributed by atoms with van der Waals surface area (Å²) in [6, 6.07) is 12.0. The van der Waals surface area contributed by atoms with E-state index >= 15 is 0 Å². The minimum absolute atomic E-state index is 0.446. The van der Waals surface area contributed by atoms with Crippen LogP contribution in [0.15, 0.2) is 41.4 Å². The molecule has 0 aliphatic carbocycles. The molecule has 0 fully saturated rings. The van der Waals surface area contributed by atoms with Gasteiger partial charge in [-0.1, -0.05) is 23.8 Å². The molecule has 27 heavy (non-hydrogen) atoms. The summed E-state index contributed by atoms with van der Waals surface area (Å²) in [5.74, 6) is 2.78.